The fourth-order valence-corrected chi connectivity index (χ4v) is 7.47. The van der Waals surface area contributed by atoms with Crippen LogP contribution in [0.2, 0.25) is 0 Å². The van der Waals surface area contributed by atoms with Crippen LogP contribution in [-0.4, -0.2) is 61.6 Å². The summed E-state index contributed by atoms with van der Waals surface area (Å²) < 4.78 is 34.7. The number of fused-ring (bicyclic) bond motifs is 3. The number of alkyl halides is 2. The predicted molar refractivity (Wildman–Crippen MR) is 108 cm³/mol. The molecule has 1 fully saturated rings. The molecule has 3 rings (SSSR count). The van der Waals surface area contributed by atoms with E-state index in [0.29, 0.717) is 43.8 Å². The van der Waals surface area contributed by atoms with Crippen LogP contribution in [0.1, 0.15) is 24.1 Å². The monoisotopic (exact) mass is 436 g/mol. The zero-order valence-corrected chi connectivity index (χ0v) is 18.4. The molecule has 2 heterocycles. The van der Waals surface area contributed by atoms with Gasteiger partial charge in [0.25, 0.3) is 0 Å². The van der Waals surface area contributed by atoms with Gasteiger partial charge in [0.1, 0.15) is 0 Å². The SMILES string of the molecule is COc1cc2c(cc1OC)[C@H]1[C@@H](C)CO[P@](=O)(N(CCCl)CCCl)N1CC2. The topological polar surface area (TPSA) is 51.2 Å². The third kappa shape index (κ3) is 3.85. The number of benzene rings is 1. The van der Waals surface area contributed by atoms with Gasteiger partial charge in [-0.25, -0.2) is 9.34 Å². The summed E-state index contributed by atoms with van der Waals surface area (Å²) in [6.07, 6.45) is 0.766. The van der Waals surface area contributed by atoms with Gasteiger partial charge in [0.15, 0.2) is 11.5 Å². The molecule has 9 heteroatoms. The van der Waals surface area contributed by atoms with Gasteiger partial charge < -0.3 is 14.0 Å². The van der Waals surface area contributed by atoms with Crippen LogP contribution in [-0.2, 0) is 15.5 Å². The lowest BCUT2D eigenvalue weighted by atomic mass is 9.87. The van der Waals surface area contributed by atoms with E-state index >= 15 is 0 Å². The van der Waals surface area contributed by atoms with Crippen LogP contribution in [0.3, 0.4) is 0 Å². The van der Waals surface area contributed by atoms with E-state index in [1.54, 1.807) is 14.2 Å². The summed E-state index contributed by atoms with van der Waals surface area (Å²) in [6.45, 7) is 4.15. The average Bonchev–Trinajstić information content (AvgIpc) is 2.69. The first-order valence-corrected chi connectivity index (χ1v) is 11.7. The van der Waals surface area contributed by atoms with Crippen molar-refractivity contribution in [1.29, 1.82) is 0 Å². The smallest absolute Gasteiger partial charge is 0.346 e. The maximum Gasteiger partial charge on any atom is 0.346 e. The fraction of sp³-hybridized carbons (Fsp3) is 0.667. The van der Waals surface area contributed by atoms with Crippen LogP contribution in [0.25, 0.3) is 0 Å². The standard InChI is InChI=1S/C18H27Cl2N2O4P/c1-13-12-26-27(23,21(8-5-19)9-6-20)22-7-4-14-10-16(24-2)17(25-3)11-15(14)18(13)22/h10-11,13,18H,4-9,12H2,1-3H3/t13-,18+,27+/m0/s1. The third-order valence-electron chi connectivity index (χ3n) is 5.31. The summed E-state index contributed by atoms with van der Waals surface area (Å²) in [5.41, 5.74) is 2.34. The molecular formula is C18H27Cl2N2O4P. The Labute approximate surface area is 171 Å². The van der Waals surface area contributed by atoms with E-state index in [-0.39, 0.29) is 12.0 Å². The molecule has 0 radical (unpaired) electrons. The summed E-state index contributed by atoms with van der Waals surface area (Å²) in [5, 5.41) is 0. The Balaban J connectivity index is 2.03. The van der Waals surface area contributed by atoms with E-state index < -0.39 is 7.67 Å². The highest BCUT2D eigenvalue weighted by molar-refractivity contribution is 7.54. The van der Waals surface area contributed by atoms with E-state index in [4.69, 9.17) is 37.2 Å². The van der Waals surface area contributed by atoms with Crippen LogP contribution in [0.15, 0.2) is 12.1 Å². The molecule has 0 saturated carbocycles. The molecule has 0 bridgehead atoms. The molecule has 0 aromatic heterocycles. The summed E-state index contributed by atoms with van der Waals surface area (Å²) in [5.74, 6) is 2.35. The molecule has 152 valence electrons. The van der Waals surface area contributed by atoms with Crippen molar-refractivity contribution >= 4 is 30.9 Å². The lowest BCUT2D eigenvalue weighted by Gasteiger charge is -2.50. The molecule has 0 amide bonds. The molecule has 6 nitrogen and oxygen atoms in total. The average molecular weight is 437 g/mol. The van der Waals surface area contributed by atoms with Gasteiger partial charge in [0.05, 0.1) is 20.8 Å². The maximum absolute atomic E-state index is 14.0. The second-order valence-electron chi connectivity index (χ2n) is 6.86. The van der Waals surface area contributed by atoms with Gasteiger partial charge in [0.2, 0.25) is 0 Å². The minimum absolute atomic E-state index is 0.0127. The molecule has 0 aliphatic carbocycles. The second kappa shape index (κ2) is 8.89. The number of hydrogen-bond acceptors (Lipinski definition) is 4. The van der Waals surface area contributed by atoms with Crippen molar-refractivity contribution < 1.29 is 18.6 Å². The normalized spacial score (nSPS) is 27.9. The highest BCUT2D eigenvalue weighted by Crippen LogP contribution is 2.63. The predicted octanol–water partition coefficient (Wildman–Crippen LogP) is 4.16. The Kier molecular flexibility index (Phi) is 6.99. The molecule has 1 saturated heterocycles. The zero-order chi connectivity index (χ0) is 19.6. The van der Waals surface area contributed by atoms with E-state index in [1.165, 1.54) is 5.56 Å². The number of hydrogen-bond donors (Lipinski definition) is 0. The lowest BCUT2D eigenvalue weighted by molar-refractivity contribution is 0.0766. The molecule has 0 spiro atoms. The van der Waals surface area contributed by atoms with Gasteiger partial charge in [-0.3, -0.25) is 4.57 Å². The van der Waals surface area contributed by atoms with E-state index in [0.717, 1.165) is 17.7 Å². The summed E-state index contributed by atoms with van der Waals surface area (Å²) in [4.78, 5) is 0. The first kappa shape index (κ1) is 21.2. The van der Waals surface area contributed by atoms with Crippen molar-refractivity contribution in [2.75, 3.05) is 52.2 Å². The highest BCUT2D eigenvalue weighted by Gasteiger charge is 2.50. The molecule has 1 aromatic rings. The number of ether oxygens (including phenoxy) is 2. The van der Waals surface area contributed by atoms with Gasteiger partial charge in [0, 0.05) is 43.4 Å². The van der Waals surface area contributed by atoms with Crippen LogP contribution >= 0.6 is 30.9 Å². The van der Waals surface area contributed by atoms with Crippen LogP contribution in [0.4, 0.5) is 0 Å². The van der Waals surface area contributed by atoms with Crippen LogP contribution in [0.5, 0.6) is 11.5 Å². The number of rotatable bonds is 7. The summed E-state index contributed by atoms with van der Waals surface area (Å²) in [6, 6.07) is 4.04. The maximum atomic E-state index is 14.0. The van der Waals surface area contributed by atoms with Crippen molar-refractivity contribution in [3.8, 4) is 11.5 Å². The Bertz CT molecular complexity index is 715. The van der Waals surface area contributed by atoms with E-state index in [2.05, 4.69) is 6.92 Å². The first-order chi connectivity index (χ1) is 13.0. The van der Waals surface area contributed by atoms with Crippen molar-refractivity contribution in [2.24, 2.45) is 5.92 Å². The Morgan fingerprint density at radius 2 is 1.85 bits per heavy atom. The molecule has 2 aliphatic rings. The number of nitrogens with zero attached hydrogens (tertiary/aromatic N) is 2. The highest BCUT2D eigenvalue weighted by atomic mass is 35.5. The van der Waals surface area contributed by atoms with E-state index in [9.17, 15) is 4.57 Å². The molecule has 0 unspecified atom stereocenters. The number of methoxy groups -OCH3 is 2. The molecule has 1 aromatic carbocycles. The molecule has 3 atom stereocenters. The van der Waals surface area contributed by atoms with Gasteiger partial charge in [-0.05, 0) is 29.7 Å². The van der Waals surface area contributed by atoms with Crippen molar-refractivity contribution in [1.82, 2.24) is 9.34 Å². The third-order valence-corrected chi connectivity index (χ3v) is 8.34. The van der Waals surface area contributed by atoms with E-state index in [1.807, 2.05) is 21.5 Å². The summed E-state index contributed by atoms with van der Waals surface area (Å²) in [7, 11) is 0.0727. The van der Waals surface area contributed by atoms with Crippen molar-refractivity contribution in [3.63, 3.8) is 0 Å². The van der Waals surface area contributed by atoms with Gasteiger partial charge in [-0.1, -0.05) is 6.92 Å². The zero-order valence-electron chi connectivity index (χ0n) is 16.0. The largest absolute Gasteiger partial charge is 0.493 e. The minimum Gasteiger partial charge on any atom is -0.493 e. The van der Waals surface area contributed by atoms with Gasteiger partial charge >= 0.3 is 7.67 Å². The second-order valence-corrected chi connectivity index (χ2v) is 9.93. The molecule has 2 aliphatic heterocycles. The lowest BCUT2D eigenvalue weighted by Crippen LogP contribution is -2.46. The Morgan fingerprint density at radius 1 is 1.22 bits per heavy atom. The molecule has 27 heavy (non-hydrogen) atoms. The molecular weight excluding hydrogens is 410 g/mol. The van der Waals surface area contributed by atoms with Gasteiger partial charge in [-0.2, -0.15) is 0 Å². The van der Waals surface area contributed by atoms with Crippen LogP contribution < -0.4 is 9.47 Å². The Hall–Kier alpha value is -0.490. The van der Waals surface area contributed by atoms with Gasteiger partial charge in [-0.15, -0.1) is 23.2 Å². The van der Waals surface area contributed by atoms with Crippen molar-refractivity contribution in [2.45, 2.75) is 19.4 Å². The first-order valence-electron chi connectivity index (χ1n) is 9.14. The minimum atomic E-state index is -3.20. The quantitative estimate of drug-likeness (QED) is 0.472. The summed E-state index contributed by atoms with van der Waals surface area (Å²) >= 11 is 11.9. The fourth-order valence-electron chi connectivity index (χ4n) is 4.03. The molecule has 0 N–H and O–H groups in total. The van der Waals surface area contributed by atoms with Crippen LogP contribution in [0, 0.1) is 5.92 Å². The Morgan fingerprint density at radius 3 is 2.44 bits per heavy atom. The van der Waals surface area contributed by atoms with Crippen molar-refractivity contribution in [3.05, 3.63) is 23.3 Å². The number of halogens is 2.